The van der Waals surface area contributed by atoms with Crippen molar-refractivity contribution in [2.24, 2.45) is 0 Å². The van der Waals surface area contributed by atoms with Crippen LogP contribution in [0.4, 0.5) is 5.82 Å². The van der Waals surface area contributed by atoms with E-state index < -0.39 is 5.66 Å². The topological polar surface area (TPSA) is 100 Å². The van der Waals surface area contributed by atoms with Crippen molar-refractivity contribution in [2.45, 2.75) is 19.5 Å². The number of anilines is 1. The van der Waals surface area contributed by atoms with Crippen LogP contribution < -0.4 is 10.6 Å². The SMILES string of the molecule is CN1/C(=C(Cl)\C=C(/C=O)Nc2ncnc3cnccc23)C(=O)NC1(C)C. The Hall–Kier alpha value is -3.00. The minimum Gasteiger partial charge on any atom is -0.347 e. The lowest BCUT2D eigenvalue weighted by molar-refractivity contribution is -0.117. The van der Waals surface area contributed by atoms with Crippen LogP contribution in [0.1, 0.15) is 13.8 Å². The zero-order valence-corrected chi connectivity index (χ0v) is 15.2. The molecule has 2 aromatic rings. The van der Waals surface area contributed by atoms with Gasteiger partial charge < -0.3 is 15.5 Å². The summed E-state index contributed by atoms with van der Waals surface area (Å²) in [6.45, 7) is 3.71. The first-order valence-corrected chi connectivity index (χ1v) is 8.16. The summed E-state index contributed by atoms with van der Waals surface area (Å²) in [6.07, 6.45) is 6.58. The third-order valence-electron chi connectivity index (χ3n) is 4.15. The highest BCUT2D eigenvalue weighted by atomic mass is 35.5. The summed E-state index contributed by atoms with van der Waals surface area (Å²) in [6, 6.07) is 1.74. The molecule has 3 heterocycles. The van der Waals surface area contributed by atoms with Crippen LogP contribution >= 0.6 is 11.6 Å². The summed E-state index contributed by atoms with van der Waals surface area (Å²) in [5, 5.41) is 6.59. The first kappa shape index (κ1) is 17.8. The molecule has 0 bridgehead atoms. The van der Waals surface area contributed by atoms with E-state index >= 15 is 0 Å². The molecule has 2 aromatic heterocycles. The summed E-state index contributed by atoms with van der Waals surface area (Å²) >= 11 is 6.32. The van der Waals surface area contributed by atoms with Crippen molar-refractivity contribution in [1.82, 2.24) is 25.2 Å². The van der Waals surface area contributed by atoms with E-state index in [1.54, 1.807) is 30.4 Å². The smallest absolute Gasteiger partial charge is 0.270 e. The Morgan fingerprint density at radius 1 is 1.38 bits per heavy atom. The van der Waals surface area contributed by atoms with Crippen molar-refractivity contribution in [3.63, 3.8) is 0 Å². The molecule has 0 unspecified atom stereocenters. The molecule has 2 N–H and O–H groups in total. The van der Waals surface area contributed by atoms with Gasteiger partial charge in [-0.1, -0.05) is 11.6 Å². The van der Waals surface area contributed by atoms with Crippen LogP contribution in [0, 0.1) is 0 Å². The van der Waals surface area contributed by atoms with Crippen molar-refractivity contribution >= 4 is 40.5 Å². The van der Waals surface area contributed by atoms with Crippen molar-refractivity contribution in [3.05, 3.63) is 47.3 Å². The van der Waals surface area contributed by atoms with Gasteiger partial charge in [-0.15, -0.1) is 0 Å². The van der Waals surface area contributed by atoms with E-state index in [9.17, 15) is 9.59 Å². The van der Waals surface area contributed by atoms with Gasteiger partial charge in [0.15, 0.2) is 6.29 Å². The van der Waals surface area contributed by atoms with Gasteiger partial charge >= 0.3 is 0 Å². The third-order valence-corrected chi connectivity index (χ3v) is 4.43. The highest BCUT2D eigenvalue weighted by Crippen LogP contribution is 2.28. The minimum atomic E-state index is -0.564. The lowest BCUT2D eigenvalue weighted by Gasteiger charge is -2.28. The van der Waals surface area contributed by atoms with Crippen molar-refractivity contribution < 1.29 is 9.59 Å². The monoisotopic (exact) mass is 372 g/mol. The summed E-state index contributed by atoms with van der Waals surface area (Å²) in [7, 11) is 1.75. The Balaban J connectivity index is 1.97. The molecule has 1 aliphatic heterocycles. The number of hydrogen-bond donors (Lipinski definition) is 2. The maximum absolute atomic E-state index is 12.2. The average Bonchev–Trinajstić information content (AvgIpc) is 2.81. The number of aromatic nitrogens is 3. The van der Waals surface area contributed by atoms with Crippen LogP contribution in [0.3, 0.4) is 0 Å². The molecule has 0 aliphatic carbocycles. The summed E-state index contributed by atoms with van der Waals surface area (Å²) in [5.41, 5.74) is 0.515. The van der Waals surface area contributed by atoms with Gasteiger partial charge in [-0.05, 0) is 26.0 Å². The summed E-state index contributed by atoms with van der Waals surface area (Å²) < 4.78 is 0. The second-order valence-electron chi connectivity index (χ2n) is 6.23. The second-order valence-corrected chi connectivity index (χ2v) is 6.63. The molecule has 0 saturated carbocycles. The Kier molecular flexibility index (Phi) is 4.60. The Morgan fingerprint density at radius 3 is 2.81 bits per heavy atom. The average molecular weight is 373 g/mol. The zero-order chi connectivity index (χ0) is 18.9. The molecular formula is C17H17ClN6O2. The minimum absolute atomic E-state index is 0.144. The number of carbonyl (C=O) groups excluding carboxylic acids is 2. The van der Waals surface area contributed by atoms with Crippen LogP contribution in [0.5, 0.6) is 0 Å². The summed E-state index contributed by atoms with van der Waals surface area (Å²) in [5.74, 6) is 0.136. The summed E-state index contributed by atoms with van der Waals surface area (Å²) in [4.78, 5) is 37.7. The highest BCUT2D eigenvalue weighted by molar-refractivity contribution is 6.33. The van der Waals surface area contributed by atoms with Crippen molar-refractivity contribution in [1.29, 1.82) is 0 Å². The van der Waals surface area contributed by atoms with Gasteiger partial charge in [0, 0.05) is 18.6 Å². The number of pyridine rings is 1. The van der Waals surface area contributed by atoms with E-state index in [1.807, 2.05) is 13.8 Å². The van der Waals surface area contributed by atoms with Crippen LogP contribution in [-0.4, -0.2) is 44.8 Å². The van der Waals surface area contributed by atoms with E-state index in [0.717, 1.165) is 0 Å². The van der Waals surface area contributed by atoms with Gasteiger partial charge in [-0.25, -0.2) is 9.97 Å². The molecule has 1 fully saturated rings. The van der Waals surface area contributed by atoms with Crippen molar-refractivity contribution in [3.8, 4) is 0 Å². The first-order chi connectivity index (χ1) is 12.3. The van der Waals surface area contributed by atoms with E-state index in [4.69, 9.17) is 11.6 Å². The number of halogens is 1. The molecule has 8 nitrogen and oxygen atoms in total. The van der Waals surface area contributed by atoms with Crippen LogP contribution in [-0.2, 0) is 9.59 Å². The lowest BCUT2D eigenvalue weighted by Crippen LogP contribution is -2.43. The molecule has 9 heteroatoms. The fourth-order valence-electron chi connectivity index (χ4n) is 2.57. The lowest BCUT2D eigenvalue weighted by atomic mass is 10.2. The van der Waals surface area contributed by atoms with E-state index in [0.29, 0.717) is 23.0 Å². The molecule has 3 rings (SSSR count). The number of rotatable bonds is 4. The van der Waals surface area contributed by atoms with Crippen LogP contribution in [0.2, 0.25) is 0 Å². The number of nitrogens with zero attached hydrogens (tertiary/aromatic N) is 4. The molecule has 0 radical (unpaired) electrons. The third kappa shape index (κ3) is 3.23. The zero-order valence-electron chi connectivity index (χ0n) is 14.4. The standard InChI is InChI=1S/C17H17ClN6O2/c1-17(2)23-16(26)14(24(17)3)12(18)6-10(8-25)22-15-11-4-5-19-7-13(11)20-9-21-15/h4-9H,1-3H3,(H,23,26)(H,20,21,22)/b10-6+,14-12+. The van der Waals surface area contributed by atoms with Gasteiger partial charge in [0.2, 0.25) is 0 Å². The number of likely N-dealkylation sites (N-methyl/N-ethyl adjacent to an activating group) is 1. The van der Waals surface area contributed by atoms with Crippen LogP contribution in [0.15, 0.2) is 47.3 Å². The van der Waals surface area contributed by atoms with Gasteiger partial charge in [0.05, 0.1) is 22.4 Å². The predicted octanol–water partition coefficient (Wildman–Crippen LogP) is 1.77. The maximum Gasteiger partial charge on any atom is 0.270 e. The molecule has 0 spiro atoms. The normalized spacial score (nSPS) is 18.7. The number of allylic oxidation sites excluding steroid dienone is 3. The molecule has 134 valence electrons. The second kappa shape index (κ2) is 6.72. The first-order valence-electron chi connectivity index (χ1n) is 7.78. The van der Waals surface area contributed by atoms with Gasteiger partial charge in [-0.3, -0.25) is 14.6 Å². The van der Waals surface area contributed by atoms with Gasteiger partial charge in [0.1, 0.15) is 23.5 Å². The maximum atomic E-state index is 12.2. The largest absolute Gasteiger partial charge is 0.347 e. The molecule has 1 aliphatic rings. The molecule has 0 atom stereocenters. The molecule has 1 amide bonds. The fraction of sp³-hybridized carbons (Fsp3) is 0.235. The molecule has 1 saturated heterocycles. The fourth-order valence-corrected chi connectivity index (χ4v) is 2.90. The number of hydrogen-bond acceptors (Lipinski definition) is 7. The quantitative estimate of drug-likeness (QED) is 0.623. The van der Waals surface area contributed by atoms with Gasteiger partial charge in [-0.2, -0.15) is 0 Å². The highest BCUT2D eigenvalue weighted by Gasteiger charge is 2.39. The Labute approximate surface area is 155 Å². The molecule has 26 heavy (non-hydrogen) atoms. The van der Waals surface area contributed by atoms with Crippen molar-refractivity contribution in [2.75, 3.05) is 12.4 Å². The van der Waals surface area contributed by atoms with Crippen LogP contribution in [0.25, 0.3) is 10.9 Å². The van der Waals surface area contributed by atoms with E-state index in [1.165, 1.54) is 12.4 Å². The predicted molar refractivity (Wildman–Crippen MR) is 98.0 cm³/mol. The van der Waals surface area contributed by atoms with E-state index in [2.05, 4.69) is 25.6 Å². The Morgan fingerprint density at radius 2 is 2.15 bits per heavy atom. The number of fused-ring (bicyclic) bond motifs is 1. The number of carbonyl (C=O) groups is 2. The Bertz CT molecular complexity index is 948. The van der Waals surface area contributed by atoms with E-state index in [-0.39, 0.29) is 22.3 Å². The molecular weight excluding hydrogens is 356 g/mol. The number of aldehydes is 1. The molecule has 0 aromatic carbocycles. The van der Waals surface area contributed by atoms with Gasteiger partial charge in [0.25, 0.3) is 5.91 Å². The number of nitrogens with one attached hydrogen (secondary N) is 2. The number of amides is 1.